The maximum Gasteiger partial charge on any atom is 0.255 e. The Morgan fingerprint density at radius 3 is 2.31 bits per heavy atom. The first-order valence-corrected chi connectivity index (χ1v) is 15.3. The van der Waals surface area contributed by atoms with Crippen LogP contribution in [0.4, 0.5) is 4.39 Å². The molecule has 0 unspecified atom stereocenters. The van der Waals surface area contributed by atoms with Crippen LogP contribution in [0.5, 0.6) is 5.75 Å². The van der Waals surface area contributed by atoms with E-state index in [2.05, 4.69) is 24.0 Å². The average Bonchev–Trinajstić information content (AvgIpc) is 3.41. The van der Waals surface area contributed by atoms with Gasteiger partial charge >= 0.3 is 0 Å². The summed E-state index contributed by atoms with van der Waals surface area (Å²) in [5.41, 5.74) is 4.04. The minimum Gasteiger partial charge on any atom is -0.508 e. The molecular weight excluding hydrogens is 581 g/mol. The van der Waals surface area contributed by atoms with E-state index in [1.807, 2.05) is 12.1 Å². The standard InChI is InChI=1S/C34H38FN3O7/c1-4-9-38(20-10-16-7-5-6-8-17(16)11-20)15-19-14-23(39)25-21(27(19)35)12-18-13-22-28(37(2)3)30(41)26(33(36)44)32(43)34(22,45)31(42)24(18)29(25)40/h5-8,14,18,20,22,28,39-40,43,45H,4,9-13,15H2,1-3H3,(H2,36,44)/t18-,22-,28-,34-/m0/s1. The molecule has 0 aromatic heterocycles. The molecule has 4 aliphatic rings. The van der Waals surface area contributed by atoms with Gasteiger partial charge in [-0.2, -0.15) is 0 Å². The fraction of sp³-hybridized carbons (Fsp3) is 0.441. The lowest BCUT2D eigenvalue weighted by Crippen LogP contribution is -2.65. The first kappa shape index (κ1) is 30.9. The Morgan fingerprint density at radius 2 is 1.73 bits per heavy atom. The number of fused-ring (bicyclic) bond motifs is 4. The monoisotopic (exact) mass is 619 g/mol. The van der Waals surface area contributed by atoms with Crippen molar-refractivity contribution in [1.29, 1.82) is 0 Å². The van der Waals surface area contributed by atoms with Gasteiger partial charge in [-0.3, -0.25) is 24.2 Å². The number of benzene rings is 2. The SMILES string of the molecule is CCCN(Cc1cc(O)c2c(c1F)C[C@H]1C[C@H]3[C@H](N(C)C)C(=O)C(C(N)=O)=C(O)[C@@]3(O)C(=O)C1=C2O)C1Cc2ccccc2C1. The quantitative estimate of drug-likeness (QED) is 0.293. The Morgan fingerprint density at radius 1 is 1.09 bits per heavy atom. The number of nitrogens with zero attached hydrogens (tertiary/aromatic N) is 2. The smallest absolute Gasteiger partial charge is 0.255 e. The van der Waals surface area contributed by atoms with Crippen LogP contribution < -0.4 is 5.73 Å². The summed E-state index contributed by atoms with van der Waals surface area (Å²) in [5.74, 6) is -8.20. The van der Waals surface area contributed by atoms with Crippen LogP contribution in [0.25, 0.3) is 5.76 Å². The number of Topliss-reactive ketones (excluding diaryl/α,β-unsaturated/α-hetero) is 2. The first-order valence-electron chi connectivity index (χ1n) is 15.3. The fourth-order valence-corrected chi connectivity index (χ4v) is 8.15. The summed E-state index contributed by atoms with van der Waals surface area (Å²) in [6, 6.07) is 8.46. The predicted octanol–water partition coefficient (Wildman–Crippen LogP) is 2.48. The fourth-order valence-electron chi connectivity index (χ4n) is 8.15. The minimum absolute atomic E-state index is 0.0433. The molecule has 0 saturated heterocycles. The second kappa shape index (κ2) is 11.1. The normalized spacial score (nSPS) is 26.3. The van der Waals surface area contributed by atoms with Gasteiger partial charge in [-0.25, -0.2) is 4.39 Å². The summed E-state index contributed by atoms with van der Waals surface area (Å²) in [6.07, 6.45) is 2.32. The lowest BCUT2D eigenvalue weighted by Gasteiger charge is -2.50. The van der Waals surface area contributed by atoms with Gasteiger partial charge in [0.05, 0.1) is 11.6 Å². The third-order valence-electron chi connectivity index (χ3n) is 10.2. The number of phenolic OH excluding ortho intramolecular Hbond substituents is 1. The van der Waals surface area contributed by atoms with Crippen LogP contribution in [0.1, 0.15) is 47.6 Å². The molecule has 2 aromatic carbocycles. The molecule has 6 rings (SSSR count). The van der Waals surface area contributed by atoms with Crippen LogP contribution in [0.15, 0.2) is 47.2 Å². The van der Waals surface area contributed by atoms with E-state index in [4.69, 9.17) is 5.73 Å². The van der Waals surface area contributed by atoms with Gasteiger partial charge < -0.3 is 26.2 Å². The zero-order valence-electron chi connectivity index (χ0n) is 25.5. The number of nitrogens with two attached hydrogens (primary N) is 1. The number of likely N-dealkylation sites (N-methyl/N-ethyl adjacent to an activating group) is 1. The maximum atomic E-state index is 16.4. The number of carbonyl (C=O) groups is 3. The van der Waals surface area contributed by atoms with Crippen LogP contribution in [-0.4, -0.2) is 86.0 Å². The summed E-state index contributed by atoms with van der Waals surface area (Å²) in [6.45, 7) is 3.00. The summed E-state index contributed by atoms with van der Waals surface area (Å²) in [4.78, 5) is 43.1. The number of aliphatic hydroxyl groups excluding tert-OH is 2. The van der Waals surface area contributed by atoms with Crippen molar-refractivity contribution in [3.63, 3.8) is 0 Å². The number of carbonyl (C=O) groups excluding carboxylic acids is 3. The van der Waals surface area contributed by atoms with Crippen LogP contribution >= 0.6 is 0 Å². The highest BCUT2D eigenvalue weighted by atomic mass is 19.1. The molecule has 0 radical (unpaired) electrons. The number of amides is 1. The van der Waals surface area contributed by atoms with E-state index < -0.39 is 69.6 Å². The molecule has 45 heavy (non-hydrogen) atoms. The van der Waals surface area contributed by atoms with Crippen LogP contribution in [0.2, 0.25) is 0 Å². The van der Waals surface area contributed by atoms with Gasteiger partial charge in [-0.05, 0) is 75.9 Å². The number of primary amides is 1. The highest BCUT2D eigenvalue weighted by molar-refractivity contribution is 6.24. The highest BCUT2D eigenvalue weighted by Gasteiger charge is 2.64. The van der Waals surface area contributed by atoms with Crippen molar-refractivity contribution in [1.82, 2.24) is 9.80 Å². The maximum absolute atomic E-state index is 16.4. The van der Waals surface area contributed by atoms with Crippen molar-refractivity contribution in [2.45, 2.75) is 63.3 Å². The van der Waals surface area contributed by atoms with Gasteiger partial charge in [0.1, 0.15) is 28.7 Å². The number of aromatic hydroxyl groups is 1. The zero-order chi connectivity index (χ0) is 32.5. The molecule has 238 valence electrons. The summed E-state index contributed by atoms with van der Waals surface area (Å²) in [5, 5.41) is 45.3. The zero-order valence-corrected chi connectivity index (χ0v) is 25.5. The third kappa shape index (κ3) is 4.59. The van der Waals surface area contributed by atoms with Gasteiger partial charge in [0.15, 0.2) is 11.4 Å². The molecule has 1 amide bonds. The number of aliphatic hydroxyl groups is 3. The second-order valence-electron chi connectivity index (χ2n) is 13.0. The van der Waals surface area contributed by atoms with Gasteiger partial charge in [-0.15, -0.1) is 0 Å². The van der Waals surface area contributed by atoms with E-state index in [1.165, 1.54) is 36.2 Å². The lowest BCUT2D eigenvalue weighted by molar-refractivity contribution is -0.153. The molecule has 0 bridgehead atoms. The molecule has 4 atom stereocenters. The van der Waals surface area contributed by atoms with Crippen LogP contribution in [-0.2, 0) is 40.2 Å². The summed E-state index contributed by atoms with van der Waals surface area (Å²) < 4.78 is 16.4. The van der Waals surface area contributed by atoms with Crippen LogP contribution in [0, 0.1) is 17.7 Å². The Bertz CT molecular complexity index is 1670. The van der Waals surface area contributed by atoms with Crippen molar-refractivity contribution in [3.8, 4) is 5.75 Å². The second-order valence-corrected chi connectivity index (χ2v) is 13.0. The predicted molar refractivity (Wildman–Crippen MR) is 163 cm³/mol. The van der Waals surface area contributed by atoms with Crippen molar-refractivity contribution >= 4 is 23.2 Å². The largest absolute Gasteiger partial charge is 0.508 e. The Balaban J connectivity index is 1.40. The third-order valence-corrected chi connectivity index (χ3v) is 10.2. The molecule has 0 spiro atoms. The first-order chi connectivity index (χ1) is 21.3. The van der Waals surface area contributed by atoms with Crippen molar-refractivity contribution in [2.24, 2.45) is 17.6 Å². The van der Waals surface area contributed by atoms with E-state index in [1.54, 1.807) is 0 Å². The van der Waals surface area contributed by atoms with E-state index >= 15 is 4.39 Å². The molecular formula is C34H38FN3O7. The Kier molecular flexibility index (Phi) is 7.62. The molecule has 0 aliphatic heterocycles. The molecule has 1 saturated carbocycles. The van der Waals surface area contributed by atoms with Crippen LogP contribution in [0.3, 0.4) is 0 Å². The van der Waals surface area contributed by atoms with Gasteiger partial charge in [0, 0.05) is 35.2 Å². The number of hydrogen-bond acceptors (Lipinski definition) is 9. The number of hydrogen-bond donors (Lipinski definition) is 5. The van der Waals surface area contributed by atoms with E-state index in [-0.39, 0.29) is 47.7 Å². The number of rotatable bonds is 7. The molecule has 0 heterocycles. The van der Waals surface area contributed by atoms with Gasteiger partial charge in [-0.1, -0.05) is 31.2 Å². The van der Waals surface area contributed by atoms with Crippen molar-refractivity contribution < 1.29 is 39.2 Å². The molecule has 6 N–H and O–H groups in total. The minimum atomic E-state index is -2.74. The molecule has 10 nitrogen and oxygen atoms in total. The molecule has 2 aromatic rings. The van der Waals surface area contributed by atoms with Gasteiger partial charge in [0.25, 0.3) is 5.91 Å². The Labute approximate surface area is 260 Å². The van der Waals surface area contributed by atoms with Gasteiger partial charge in [0.2, 0.25) is 5.78 Å². The highest BCUT2D eigenvalue weighted by Crippen LogP contribution is 2.53. The number of ketones is 2. The average molecular weight is 620 g/mol. The summed E-state index contributed by atoms with van der Waals surface area (Å²) in [7, 11) is 3.06. The molecule has 1 fully saturated rings. The topological polar surface area (TPSA) is 165 Å². The van der Waals surface area contributed by atoms with Crippen molar-refractivity contribution in [2.75, 3.05) is 20.6 Å². The Hall–Kier alpha value is -4.06. The molecule has 11 heteroatoms. The van der Waals surface area contributed by atoms with E-state index in [0.717, 1.165) is 19.3 Å². The number of phenols is 1. The van der Waals surface area contributed by atoms with Crippen molar-refractivity contribution in [3.05, 3.63) is 80.9 Å². The van der Waals surface area contributed by atoms with E-state index in [0.29, 0.717) is 6.54 Å². The summed E-state index contributed by atoms with van der Waals surface area (Å²) >= 11 is 0. The molecule has 4 aliphatic carbocycles. The number of halogens is 1. The van der Waals surface area contributed by atoms with E-state index in [9.17, 15) is 34.8 Å². The lowest BCUT2D eigenvalue weighted by atomic mass is 9.57.